The number of hydrogen-bond acceptors (Lipinski definition) is 2. The molecule has 1 N–H and O–H groups in total. The average Bonchev–Trinajstić information content (AvgIpc) is 2.29. The maximum absolute atomic E-state index is 13.2. The Bertz CT molecular complexity index is 426. The number of aliphatic hydroxyl groups is 1. The van der Waals surface area contributed by atoms with Gasteiger partial charge in [0, 0.05) is 0 Å². The molecule has 0 saturated heterocycles. The van der Waals surface area contributed by atoms with Crippen LogP contribution < -0.4 is 0 Å². The largest absolute Gasteiger partial charge is 0.393 e. The highest BCUT2D eigenvalue weighted by Crippen LogP contribution is 2.39. The number of benzene rings is 1. The van der Waals surface area contributed by atoms with Crippen LogP contribution >= 0.6 is 0 Å². The van der Waals surface area contributed by atoms with Crippen molar-refractivity contribution in [3.05, 3.63) is 35.6 Å². The first kappa shape index (κ1) is 11.1. The van der Waals surface area contributed by atoms with E-state index in [9.17, 15) is 14.8 Å². The normalized spacial score (nSPS) is 29.7. The molecule has 1 saturated carbocycles. The first-order chi connectivity index (χ1) is 7.66. The molecule has 84 valence electrons. The van der Waals surface area contributed by atoms with Crippen LogP contribution in [0.5, 0.6) is 0 Å². The maximum atomic E-state index is 13.2. The SMILES string of the molecule is N#CC1(c2cccc(F)c2)CCCC(O)C1. The summed E-state index contributed by atoms with van der Waals surface area (Å²) in [6, 6.07) is 8.42. The average molecular weight is 219 g/mol. The number of rotatable bonds is 1. The number of nitrogens with zero attached hydrogens (tertiary/aromatic N) is 1. The van der Waals surface area contributed by atoms with Crippen molar-refractivity contribution in [2.45, 2.75) is 37.2 Å². The Balaban J connectivity index is 2.38. The Morgan fingerprint density at radius 3 is 2.94 bits per heavy atom. The van der Waals surface area contributed by atoms with Gasteiger partial charge in [-0.15, -0.1) is 0 Å². The Morgan fingerprint density at radius 2 is 2.31 bits per heavy atom. The van der Waals surface area contributed by atoms with Gasteiger partial charge in [-0.2, -0.15) is 5.26 Å². The van der Waals surface area contributed by atoms with Gasteiger partial charge >= 0.3 is 0 Å². The number of hydrogen-bond donors (Lipinski definition) is 1. The van der Waals surface area contributed by atoms with Crippen molar-refractivity contribution in [1.29, 1.82) is 5.26 Å². The molecule has 0 aromatic heterocycles. The number of halogens is 1. The van der Waals surface area contributed by atoms with Gasteiger partial charge in [0.1, 0.15) is 5.82 Å². The maximum Gasteiger partial charge on any atom is 0.123 e. The molecule has 2 unspecified atom stereocenters. The van der Waals surface area contributed by atoms with Gasteiger partial charge in [0.2, 0.25) is 0 Å². The van der Waals surface area contributed by atoms with Gasteiger partial charge < -0.3 is 5.11 Å². The van der Waals surface area contributed by atoms with Crippen LogP contribution in [0.4, 0.5) is 4.39 Å². The summed E-state index contributed by atoms with van der Waals surface area (Å²) in [5.41, 5.74) is -0.0199. The van der Waals surface area contributed by atoms with Crippen LogP contribution in [0.3, 0.4) is 0 Å². The molecule has 0 radical (unpaired) electrons. The quantitative estimate of drug-likeness (QED) is 0.788. The van der Waals surface area contributed by atoms with Crippen LogP contribution in [0.25, 0.3) is 0 Å². The molecular formula is C13H14FNO. The smallest absolute Gasteiger partial charge is 0.123 e. The molecule has 0 aliphatic heterocycles. The molecule has 16 heavy (non-hydrogen) atoms. The number of aliphatic hydroxyl groups excluding tert-OH is 1. The molecular weight excluding hydrogens is 205 g/mol. The van der Waals surface area contributed by atoms with E-state index in [4.69, 9.17) is 0 Å². The summed E-state index contributed by atoms with van der Waals surface area (Å²) < 4.78 is 13.2. The van der Waals surface area contributed by atoms with Crippen molar-refractivity contribution in [1.82, 2.24) is 0 Å². The van der Waals surface area contributed by atoms with Crippen LogP contribution in [0.2, 0.25) is 0 Å². The van der Waals surface area contributed by atoms with Crippen LogP contribution in [0.1, 0.15) is 31.2 Å². The van der Waals surface area contributed by atoms with Crippen LogP contribution in [-0.2, 0) is 5.41 Å². The third-order valence-electron chi connectivity index (χ3n) is 3.32. The van der Waals surface area contributed by atoms with Gasteiger partial charge in [0.25, 0.3) is 0 Å². The van der Waals surface area contributed by atoms with E-state index in [1.165, 1.54) is 12.1 Å². The zero-order chi connectivity index (χ0) is 11.6. The van der Waals surface area contributed by atoms with E-state index in [0.717, 1.165) is 12.8 Å². The predicted molar refractivity (Wildman–Crippen MR) is 58.2 cm³/mol. The summed E-state index contributed by atoms with van der Waals surface area (Å²) in [7, 11) is 0. The predicted octanol–water partition coefficient (Wildman–Crippen LogP) is 2.52. The van der Waals surface area contributed by atoms with Crippen molar-refractivity contribution in [3.63, 3.8) is 0 Å². The molecule has 0 heterocycles. The second-order valence-electron chi connectivity index (χ2n) is 4.45. The fourth-order valence-corrected chi connectivity index (χ4v) is 2.46. The first-order valence-electron chi connectivity index (χ1n) is 5.52. The van der Waals surface area contributed by atoms with E-state index >= 15 is 0 Å². The lowest BCUT2D eigenvalue weighted by molar-refractivity contribution is 0.102. The Hall–Kier alpha value is -1.40. The fourth-order valence-electron chi connectivity index (χ4n) is 2.46. The van der Waals surface area contributed by atoms with Crippen molar-refractivity contribution in [2.24, 2.45) is 0 Å². The zero-order valence-corrected chi connectivity index (χ0v) is 8.99. The first-order valence-corrected chi connectivity index (χ1v) is 5.52. The molecule has 0 spiro atoms. The van der Waals surface area contributed by atoms with Gasteiger partial charge in [-0.05, 0) is 43.4 Å². The number of nitriles is 1. The van der Waals surface area contributed by atoms with Crippen molar-refractivity contribution in [2.75, 3.05) is 0 Å². The molecule has 1 aliphatic carbocycles. The topological polar surface area (TPSA) is 44.0 Å². The van der Waals surface area contributed by atoms with E-state index in [0.29, 0.717) is 18.4 Å². The van der Waals surface area contributed by atoms with E-state index in [1.54, 1.807) is 12.1 Å². The molecule has 0 amide bonds. The molecule has 2 atom stereocenters. The summed E-state index contributed by atoms with van der Waals surface area (Å²) in [6.45, 7) is 0. The third kappa shape index (κ3) is 1.94. The van der Waals surface area contributed by atoms with Gasteiger partial charge in [0.05, 0.1) is 17.6 Å². The lowest BCUT2D eigenvalue weighted by Crippen LogP contribution is -2.34. The van der Waals surface area contributed by atoms with Gasteiger partial charge in [-0.25, -0.2) is 4.39 Å². The Morgan fingerprint density at radius 1 is 1.50 bits per heavy atom. The van der Waals surface area contributed by atoms with Crippen LogP contribution in [-0.4, -0.2) is 11.2 Å². The summed E-state index contributed by atoms with van der Waals surface area (Å²) in [4.78, 5) is 0. The zero-order valence-electron chi connectivity index (χ0n) is 8.99. The van der Waals surface area contributed by atoms with Crippen LogP contribution in [0, 0.1) is 17.1 Å². The summed E-state index contributed by atoms with van der Waals surface area (Å²) >= 11 is 0. The Labute approximate surface area is 94.3 Å². The minimum atomic E-state index is -0.709. The van der Waals surface area contributed by atoms with E-state index in [2.05, 4.69) is 6.07 Å². The molecule has 1 aromatic carbocycles. The highest BCUT2D eigenvalue weighted by Gasteiger charge is 2.37. The Kier molecular flexibility index (Phi) is 2.93. The minimum Gasteiger partial charge on any atom is -0.393 e. The van der Waals surface area contributed by atoms with E-state index in [-0.39, 0.29) is 5.82 Å². The molecule has 1 aliphatic rings. The van der Waals surface area contributed by atoms with E-state index < -0.39 is 11.5 Å². The fraction of sp³-hybridized carbons (Fsp3) is 0.462. The van der Waals surface area contributed by atoms with Gasteiger partial charge in [-0.1, -0.05) is 12.1 Å². The summed E-state index contributed by atoms with van der Waals surface area (Å²) in [5, 5.41) is 19.0. The molecule has 1 fully saturated rings. The summed E-state index contributed by atoms with van der Waals surface area (Å²) in [5.74, 6) is -0.327. The lowest BCUT2D eigenvalue weighted by Gasteiger charge is -2.33. The molecule has 2 nitrogen and oxygen atoms in total. The minimum absolute atomic E-state index is 0.327. The van der Waals surface area contributed by atoms with Gasteiger partial charge in [0.15, 0.2) is 0 Å². The monoisotopic (exact) mass is 219 g/mol. The summed E-state index contributed by atoms with van der Waals surface area (Å²) in [6.07, 6.45) is 2.21. The molecule has 2 rings (SSSR count). The molecule has 0 bridgehead atoms. The highest BCUT2D eigenvalue weighted by atomic mass is 19.1. The van der Waals surface area contributed by atoms with Crippen LogP contribution in [0.15, 0.2) is 24.3 Å². The second kappa shape index (κ2) is 4.23. The van der Waals surface area contributed by atoms with Crippen molar-refractivity contribution < 1.29 is 9.50 Å². The highest BCUT2D eigenvalue weighted by molar-refractivity contribution is 5.33. The van der Waals surface area contributed by atoms with E-state index in [1.807, 2.05) is 0 Å². The van der Waals surface area contributed by atoms with Crippen molar-refractivity contribution >= 4 is 0 Å². The lowest BCUT2D eigenvalue weighted by atomic mass is 9.69. The van der Waals surface area contributed by atoms with Gasteiger partial charge in [-0.3, -0.25) is 0 Å². The molecule has 1 aromatic rings. The third-order valence-corrected chi connectivity index (χ3v) is 3.32. The second-order valence-corrected chi connectivity index (χ2v) is 4.45. The standard InChI is InChI=1S/C13H14FNO/c14-11-4-1-3-10(7-11)13(9-15)6-2-5-12(16)8-13/h1,3-4,7,12,16H,2,5-6,8H2. The molecule has 3 heteroatoms. The van der Waals surface area contributed by atoms with Crippen molar-refractivity contribution in [3.8, 4) is 6.07 Å².